The van der Waals surface area contributed by atoms with Gasteiger partial charge in [0.15, 0.2) is 5.78 Å². The Morgan fingerprint density at radius 1 is 0.973 bits per heavy atom. The summed E-state index contributed by atoms with van der Waals surface area (Å²) < 4.78 is 0. The standard InChI is InChI=1S/C29H29N3O5/c1-20(34)28(26(35)19-33)32-29(37)24-13-9-21(10-14-24)7-8-22-11-15-25(16-12-22)31-27(36)6-2-4-23-5-3-17-30-18-23/h3,5,9-18,20,28,33-34H,2,4,6,19H2,1H3,(H,31,36)(H,32,37)/t20-,28+/m1/s1. The molecular weight excluding hydrogens is 470 g/mol. The molecule has 190 valence electrons. The Morgan fingerprint density at radius 2 is 1.62 bits per heavy atom. The van der Waals surface area contributed by atoms with E-state index in [0.717, 1.165) is 24.0 Å². The molecule has 0 saturated carbocycles. The second-order valence-electron chi connectivity index (χ2n) is 8.48. The van der Waals surface area contributed by atoms with E-state index in [1.54, 1.807) is 48.8 Å². The molecule has 8 nitrogen and oxygen atoms in total. The number of Topliss-reactive ketones (excluding diaryl/α,β-unsaturated/α-hetero) is 1. The Balaban J connectivity index is 1.51. The number of aliphatic hydroxyl groups is 2. The van der Waals surface area contributed by atoms with Gasteiger partial charge in [0, 0.05) is 41.2 Å². The van der Waals surface area contributed by atoms with Gasteiger partial charge in [-0.1, -0.05) is 17.9 Å². The first kappa shape index (κ1) is 27.3. The number of aliphatic hydroxyl groups excluding tert-OH is 2. The van der Waals surface area contributed by atoms with E-state index in [-0.39, 0.29) is 5.91 Å². The zero-order chi connectivity index (χ0) is 26.6. The summed E-state index contributed by atoms with van der Waals surface area (Å²) >= 11 is 0. The van der Waals surface area contributed by atoms with Crippen LogP contribution in [-0.4, -0.2) is 51.5 Å². The molecule has 1 aromatic heterocycles. The van der Waals surface area contributed by atoms with E-state index in [0.29, 0.717) is 23.2 Å². The summed E-state index contributed by atoms with van der Waals surface area (Å²) in [6, 6.07) is 16.4. The maximum Gasteiger partial charge on any atom is 0.251 e. The van der Waals surface area contributed by atoms with Crippen molar-refractivity contribution in [2.24, 2.45) is 0 Å². The van der Waals surface area contributed by atoms with Crippen molar-refractivity contribution in [3.63, 3.8) is 0 Å². The molecule has 4 N–H and O–H groups in total. The highest BCUT2D eigenvalue weighted by Crippen LogP contribution is 2.11. The van der Waals surface area contributed by atoms with Crippen LogP contribution in [0.15, 0.2) is 73.1 Å². The number of hydrogen-bond donors (Lipinski definition) is 4. The number of pyridine rings is 1. The lowest BCUT2D eigenvalue weighted by molar-refractivity contribution is -0.126. The normalized spacial score (nSPS) is 12.0. The highest BCUT2D eigenvalue weighted by atomic mass is 16.3. The molecule has 0 spiro atoms. The maximum absolute atomic E-state index is 12.4. The molecule has 0 aliphatic rings. The minimum absolute atomic E-state index is 0.0488. The van der Waals surface area contributed by atoms with Gasteiger partial charge in [-0.25, -0.2) is 0 Å². The number of nitrogens with zero attached hydrogens (tertiary/aromatic N) is 1. The minimum atomic E-state index is -1.18. The largest absolute Gasteiger partial charge is 0.391 e. The van der Waals surface area contributed by atoms with Crippen LogP contribution in [0.2, 0.25) is 0 Å². The van der Waals surface area contributed by atoms with Gasteiger partial charge in [0.1, 0.15) is 12.6 Å². The van der Waals surface area contributed by atoms with Crippen molar-refractivity contribution in [3.8, 4) is 11.8 Å². The van der Waals surface area contributed by atoms with E-state index in [2.05, 4.69) is 27.5 Å². The van der Waals surface area contributed by atoms with Crippen molar-refractivity contribution in [1.82, 2.24) is 10.3 Å². The van der Waals surface area contributed by atoms with E-state index in [1.807, 2.05) is 24.3 Å². The van der Waals surface area contributed by atoms with Crippen LogP contribution in [-0.2, 0) is 16.0 Å². The van der Waals surface area contributed by atoms with Gasteiger partial charge < -0.3 is 20.8 Å². The highest BCUT2D eigenvalue weighted by molar-refractivity contribution is 5.98. The number of nitrogens with one attached hydrogen (secondary N) is 2. The number of carbonyl (C=O) groups is 3. The van der Waals surface area contributed by atoms with Crippen LogP contribution >= 0.6 is 0 Å². The summed E-state index contributed by atoms with van der Waals surface area (Å²) in [6.45, 7) is 0.591. The van der Waals surface area contributed by atoms with E-state index in [9.17, 15) is 19.5 Å². The molecule has 3 aromatic rings. The fraction of sp³-hybridized carbons (Fsp3) is 0.241. The summed E-state index contributed by atoms with van der Waals surface area (Å²) in [5.41, 5.74) is 3.54. The molecule has 0 fully saturated rings. The molecule has 0 saturated heterocycles. The van der Waals surface area contributed by atoms with Gasteiger partial charge in [-0.3, -0.25) is 19.4 Å². The smallest absolute Gasteiger partial charge is 0.251 e. The SMILES string of the molecule is C[C@@H](O)[C@H](NC(=O)c1ccc(C#Cc2ccc(NC(=O)CCCc3cccnc3)cc2)cc1)C(=O)CO. The van der Waals surface area contributed by atoms with Crippen molar-refractivity contribution < 1.29 is 24.6 Å². The van der Waals surface area contributed by atoms with Crippen molar-refractivity contribution in [2.75, 3.05) is 11.9 Å². The minimum Gasteiger partial charge on any atom is -0.391 e. The summed E-state index contributed by atoms with van der Waals surface area (Å²) in [5.74, 6) is 4.80. The molecule has 1 heterocycles. The Bertz CT molecular complexity index is 1260. The molecule has 8 heteroatoms. The molecule has 2 aromatic carbocycles. The summed E-state index contributed by atoms with van der Waals surface area (Å²) in [4.78, 5) is 40.3. The topological polar surface area (TPSA) is 129 Å². The molecule has 0 radical (unpaired) electrons. The zero-order valence-electron chi connectivity index (χ0n) is 20.5. The molecule has 0 unspecified atom stereocenters. The molecule has 0 aliphatic heterocycles. The van der Waals surface area contributed by atoms with Gasteiger partial charge in [0.05, 0.1) is 6.10 Å². The molecule has 3 rings (SSSR count). The van der Waals surface area contributed by atoms with Crippen LogP contribution < -0.4 is 10.6 Å². The number of aryl methyl sites for hydroxylation is 1. The molecule has 2 atom stereocenters. The second kappa shape index (κ2) is 13.7. The Labute approximate surface area is 215 Å². The number of ketones is 1. The van der Waals surface area contributed by atoms with Gasteiger partial charge in [-0.2, -0.15) is 0 Å². The first-order valence-electron chi connectivity index (χ1n) is 11.9. The van der Waals surface area contributed by atoms with E-state index in [1.165, 1.54) is 6.92 Å². The predicted octanol–water partition coefficient (Wildman–Crippen LogP) is 2.48. The Kier molecular flexibility index (Phi) is 10.1. The third-order valence-corrected chi connectivity index (χ3v) is 5.53. The number of benzene rings is 2. The number of rotatable bonds is 10. The average Bonchev–Trinajstić information content (AvgIpc) is 2.91. The van der Waals surface area contributed by atoms with E-state index >= 15 is 0 Å². The lowest BCUT2D eigenvalue weighted by atomic mass is 10.1. The van der Waals surface area contributed by atoms with Gasteiger partial charge in [-0.15, -0.1) is 0 Å². The Morgan fingerprint density at radius 3 is 2.19 bits per heavy atom. The molecule has 2 amide bonds. The fourth-order valence-electron chi connectivity index (χ4n) is 3.50. The average molecular weight is 500 g/mol. The zero-order valence-corrected chi connectivity index (χ0v) is 20.5. The van der Waals surface area contributed by atoms with Crippen LogP contribution in [0, 0.1) is 11.8 Å². The number of carbonyl (C=O) groups excluding carboxylic acids is 3. The molecule has 37 heavy (non-hydrogen) atoms. The first-order chi connectivity index (χ1) is 17.9. The molecule has 0 bridgehead atoms. The van der Waals surface area contributed by atoms with Crippen LogP contribution in [0.25, 0.3) is 0 Å². The maximum atomic E-state index is 12.4. The quantitative estimate of drug-likeness (QED) is 0.317. The molecule has 0 aliphatic carbocycles. The molecular formula is C29H29N3O5. The third kappa shape index (κ3) is 8.69. The second-order valence-corrected chi connectivity index (χ2v) is 8.48. The number of hydrogen-bond acceptors (Lipinski definition) is 6. The van der Waals surface area contributed by atoms with Crippen molar-refractivity contribution in [1.29, 1.82) is 0 Å². The van der Waals surface area contributed by atoms with Gasteiger partial charge in [0.2, 0.25) is 5.91 Å². The van der Waals surface area contributed by atoms with Crippen LogP contribution in [0.1, 0.15) is 46.8 Å². The van der Waals surface area contributed by atoms with Crippen LogP contribution in [0.3, 0.4) is 0 Å². The van der Waals surface area contributed by atoms with Crippen LogP contribution in [0.4, 0.5) is 5.69 Å². The fourth-order valence-corrected chi connectivity index (χ4v) is 3.50. The van der Waals surface area contributed by atoms with Crippen LogP contribution in [0.5, 0.6) is 0 Å². The van der Waals surface area contributed by atoms with Gasteiger partial charge in [-0.05, 0) is 79.9 Å². The van der Waals surface area contributed by atoms with Crippen molar-refractivity contribution >= 4 is 23.3 Å². The lowest BCUT2D eigenvalue weighted by Crippen LogP contribution is -2.48. The summed E-state index contributed by atoms with van der Waals surface area (Å²) in [7, 11) is 0. The monoisotopic (exact) mass is 499 g/mol. The van der Waals surface area contributed by atoms with E-state index < -0.39 is 30.4 Å². The van der Waals surface area contributed by atoms with E-state index in [4.69, 9.17) is 5.11 Å². The number of aromatic nitrogens is 1. The third-order valence-electron chi connectivity index (χ3n) is 5.53. The van der Waals surface area contributed by atoms with Crippen molar-refractivity contribution in [3.05, 3.63) is 95.3 Å². The lowest BCUT2D eigenvalue weighted by Gasteiger charge is -2.19. The summed E-state index contributed by atoms with van der Waals surface area (Å²) in [5, 5.41) is 24.0. The van der Waals surface area contributed by atoms with Crippen molar-refractivity contribution in [2.45, 2.75) is 38.3 Å². The van der Waals surface area contributed by atoms with Gasteiger partial charge >= 0.3 is 0 Å². The Hall–Kier alpha value is -4.32. The number of anilines is 1. The first-order valence-corrected chi connectivity index (χ1v) is 11.9. The summed E-state index contributed by atoms with van der Waals surface area (Å²) in [6.07, 6.45) is 4.36. The predicted molar refractivity (Wildman–Crippen MR) is 140 cm³/mol. The highest BCUT2D eigenvalue weighted by Gasteiger charge is 2.25. The van der Waals surface area contributed by atoms with Gasteiger partial charge in [0.25, 0.3) is 5.91 Å². The number of amides is 2.